The lowest BCUT2D eigenvalue weighted by Crippen LogP contribution is -2.44. The molecule has 0 aromatic heterocycles. The van der Waals surface area contributed by atoms with Crippen molar-refractivity contribution < 1.29 is 24.2 Å². The van der Waals surface area contributed by atoms with Crippen LogP contribution in [0.4, 0.5) is 0 Å². The van der Waals surface area contributed by atoms with Crippen molar-refractivity contribution in [3.05, 3.63) is 88.4 Å². The molecule has 2 amide bonds. The number of nitrogens with one attached hydrogen (secondary N) is 1. The average Bonchev–Trinajstić information content (AvgIpc) is 2.80. The van der Waals surface area contributed by atoms with E-state index < -0.39 is 23.8 Å². The van der Waals surface area contributed by atoms with Crippen LogP contribution in [0, 0.1) is 0 Å². The van der Waals surface area contributed by atoms with Gasteiger partial charge in [0, 0.05) is 16.5 Å². The molecule has 0 aliphatic rings. The summed E-state index contributed by atoms with van der Waals surface area (Å²) in [6, 6.07) is 21.4. The second-order valence-electron chi connectivity index (χ2n) is 7.38. The Bertz CT molecular complexity index is 1130. The summed E-state index contributed by atoms with van der Waals surface area (Å²) in [6.45, 7) is 0.460. The fourth-order valence-corrected chi connectivity index (χ4v) is 3.59. The van der Waals surface area contributed by atoms with Crippen LogP contribution in [-0.4, -0.2) is 28.9 Å². The van der Waals surface area contributed by atoms with E-state index in [1.165, 1.54) is 0 Å². The summed E-state index contributed by atoms with van der Waals surface area (Å²) >= 11 is 3.45. The van der Waals surface area contributed by atoms with E-state index in [1.54, 1.807) is 24.3 Å². The molecule has 0 aliphatic heterocycles. The van der Waals surface area contributed by atoms with Crippen LogP contribution >= 0.6 is 15.9 Å². The number of amides is 2. The van der Waals surface area contributed by atoms with Crippen LogP contribution in [-0.2, 0) is 16.2 Å². The smallest absolute Gasteiger partial charge is 0.303 e. The molecule has 3 aromatic rings. The van der Waals surface area contributed by atoms with E-state index in [9.17, 15) is 14.4 Å². The van der Waals surface area contributed by atoms with Gasteiger partial charge in [-0.05, 0) is 59.5 Å². The van der Waals surface area contributed by atoms with Crippen molar-refractivity contribution >= 4 is 33.7 Å². The Balaban J connectivity index is 1.60. The molecule has 0 radical (unpaired) electrons. The standard InChI is InChI=1S/C25H23BrN2O5/c26-20-3-1-2-16(14-20)15-33-21-10-8-18(9-11-21)17-4-6-19(7-5-17)25(32)28-22(24(27)31)12-13-23(29)30/h1-11,14,22H,12-13,15H2,(H2,27,31)(H,28,32)(H,29,30)/t22-/m0/s1. The van der Waals surface area contributed by atoms with Crippen LogP contribution in [0.5, 0.6) is 5.75 Å². The van der Waals surface area contributed by atoms with E-state index in [2.05, 4.69) is 21.2 Å². The Morgan fingerprint density at radius 2 is 1.61 bits per heavy atom. The average molecular weight is 511 g/mol. The van der Waals surface area contributed by atoms with Crippen molar-refractivity contribution in [1.82, 2.24) is 5.32 Å². The summed E-state index contributed by atoms with van der Waals surface area (Å²) in [5, 5.41) is 11.3. The number of ether oxygens (including phenoxy) is 1. The third kappa shape index (κ3) is 7.18. The Labute approximate surface area is 199 Å². The van der Waals surface area contributed by atoms with E-state index in [-0.39, 0.29) is 12.8 Å². The molecule has 8 heteroatoms. The van der Waals surface area contributed by atoms with Crippen LogP contribution < -0.4 is 15.8 Å². The maximum atomic E-state index is 12.4. The molecule has 1 atom stereocenters. The normalized spacial score (nSPS) is 11.4. The molecule has 3 rings (SSSR count). The first-order valence-corrected chi connectivity index (χ1v) is 11.0. The van der Waals surface area contributed by atoms with Crippen molar-refractivity contribution in [2.24, 2.45) is 5.73 Å². The Kier molecular flexibility index (Phi) is 8.21. The topological polar surface area (TPSA) is 119 Å². The van der Waals surface area contributed by atoms with Crippen molar-refractivity contribution in [2.45, 2.75) is 25.5 Å². The van der Waals surface area contributed by atoms with Gasteiger partial charge >= 0.3 is 5.97 Å². The number of carboxylic acid groups (broad SMARTS) is 1. The summed E-state index contributed by atoms with van der Waals surface area (Å²) in [6.07, 6.45) is -0.333. The zero-order chi connectivity index (χ0) is 23.8. The highest BCUT2D eigenvalue weighted by molar-refractivity contribution is 9.10. The van der Waals surface area contributed by atoms with Gasteiger partial charge in [0.1, 0.15) is 18.4 Å². The monoisotopic (exact) mass is 510 g/mol. The third-order valence-electron chi connectivity index (χ3n) is 4.92. The van der Waals surface area contributed by atoms with Gasteiger partial charge in [0.05, 0.1) is 0 Å². The summed E-state index contributed by atoms with van der Waals surface area (Å²) in [5.41, 5.74) is 8.52. The van der Waals surface area contributed by atoms with E-state index in [0.29, 0.717) is 12.2 Å². The molecule has 0 heterocycles. The minimum Gasteiger partial charge on any atom is -0.489 e. The van der Waals surface area contributed by atoms with Crippen molar-refractivity contribution in [3.63, 3.8) is 0 Å². The molecule has 4 N–H and O–H groups in total. The summed E-state index contributed by atoms with van der Waals surface area (Å²) < 4.78 is 6.83. The SMILES string of the molecule is NC(=O)[C@H](CCC(=O)O)NC(=O)c1ccc(-c2ccc(OCc3cccc(Br)c3)cc2)cc1. The highest BCUT2D eigenvalue weighted by Crippen LogP contribution is 2.24. The third-order valence-corrected chi connectivity index (χ3v) is 5.42. The van der Waals surface area contributed by atoms with Crippen LogP contribution in [0.1, 0.15) is 28.8 Å². The molecular formula is C25H23BrN2O5. The van der Waals surface area contributed by atoms with Gasteiger partial charge in [-0.25, -0.2) is 0 Å². The highest BCUT2D eigenvalue weighted by Gasteiger charge is 2.20. The molecule has 0 aliphatic carbocycles. The number of halogens is 1. The van der Waals surface area contributed by atoms with Crippen molar-refractivity contribution in [1.29, 1.82) is 0 Å². The maximum absolute atomic E-state index is 12.4. The Hall–Kier alpha value is -3.65. The fourth-order valence-electron chi connectivity index (χ4n) is 3.15. The van der Waals surface area contributed by atoms with Gasteiger partial charge in [-0.2, -0.15) is 0 Å². The number of nitrogens with two attached hydrogens (primary N) is 1. The predicted molar refractivity (Wildman–Crippen MR) is 128 cm³/mol. The molecule has 170 valence electrons. The first-order valence-electron chi connectivity index (χ1n) is 10.2. The fraction of sp³-hybridized carbons (Fsp3) is 0.160. The lowest BCUT2D eigenvalue weighted by Gasteiger charge is -2.14. The number of carbonyl (C=O) groups is 3. The first kappa shape index (κ1) is 24.0. The zero-order valence-corrected chi connectivity index (χ0v) is 19.2. The molecule has 0 saturated heterocycles. The number of primary amides is 1. The highest BCUT2D eigenvalue weighted by atomic mass is 79.9. The van der Waals surface area contributed by atoms with Crippen molar-refractivity contribution in [2.75, 3.05) is 0 Å². The molecule has 0 fully saturated rings. The van der Waals surface area contributed by atoms with Gasteiger partial charge in [-0.3, -0.25) is 14.4 Å². The maximum Gasteiger partial charge on any atom is 0.303 e. The number of aliphatic carboxylic acids is 1. The number of hydrogen-bond donors (Lipinski definition) is 3. The van der Waals surface area contributed by atoms with Gasteiger partial charge in [-0.15, -0.1) is 0 Å². The molecule has 0 bridgehead atoms. The largest absolute Gasteiger partial charge is 0.489 e. The minimum absolute atomic E-state index is 0.0650. The molecular weight excluding hydrogens is 488 g/mol. The van der Waals surface area contributed by atoms with Gasteiger partial charge in [-0.1, -0.05) is 52.3 Å². The number of hydrogen-bond acceptors (Lipinski definition) is 4. The molecule has 0 unspecified atom stereocenters. The van der Waals surface area contributed by atoms with E-state index in [1.807, 2.05) is 48.5 Å². The Morgan fingerprint density at radius 3 is 2.18 bits per heavy atom. The number of benzene rings is 3. The number of carboxylic acids is 1. The molecule has 7 nitrogen and oxygen atoms in total. The van der Waals surface area contributed by atoms with Gasteiger partial charge in [0.25, 0.3) is 5.91 Å². The van der Waals surface area contributed by atoms with Crippen molar-refractivity contribution in [3.8, 4) is 16.9 Å². The zero-order valence-electron chi connectivity index (χ0n) is 17.7. The lowest BCUT2D eigenvalue weighted by atomic mass is 10.0. The second-order valence-corrected chi connectivity index (χ2v) is 8.30. The summed E-state index contributed by atoms with van der Waals surface area (Å²) in [4.78, 5) is 34.6. The first-order chi connectivity index (χ1) is 15.8. The summed E-state index contributed by atoms with van der Waals surface area (Å²) in [5.74, 6) is -1.59. The molecule has 33 heavy (non-hydrogen) atoms. The van der Waals surface area contributed by atoms with Crippen LogP contribution in [0.25, 0.3) is 11.1 Å². The summed E-state index contributed by atoms with van der Waals surface area (Å²) in [7, 11) is 0. The predicted octanol–water partition coefficient (Wildman–Crippen LogP) is 4.14. The molecule has 0 saturated carbocycles. The van der Waals surface area contributed by atoms with E-state index in [4.69, 9.17) is 15.6 Å². The molecule has 3 aromatic carbocycles. The van der Waals surface area contributed by atoms with Gasteiger partial charge in [0.2, 0.25) is 5.91 Å². The quantitative estimate of drug-likeness (QED) is 0.378. The van der Waals surface area contributed by atoms with Crippen LogP contribution in [0.15, 0.2) is 77.3 Å². The van der Waals surface area contributed by atoms with E-state index >= 15 is 0 Å². The minimum atomic E-state index is -1.07. The van der Waals surface area contributed by atoms with Gasteiger partial charge < -0.3 is 20.9 Å². The van der Waals surface area contributed by atoms with Crippen LogP contribution in [0.3, 0.4) is 0 Å². The van der Waals surface area contributed by atoms with Crippen LogP contribution in [0.2, 0.25) is 0 Å². The van der Waals surface area contributed by atoms with Gasteiger partial charge in [0.15, 0.2) is 0 Å². The Morgan fingerprint density at radius 1 is 0.970 bits per heavy atom. The lowest BCUT2D eigenvalue weighted by molar-refractivity contribution is -0.137. The number of rotatable bonds is 10. The molecule has 0 spiro atoms. The second kappa shape index (κ2) is 11.3. The number of carbonyl (C=O) groups excluding carboxylic acids is 2. The van der Waals surface area contributed by atoms with E-state index in [0.717, 1.165) is 26.9 Å².